The Morgan fingerprint density at radius 2 is 1.88 bits per heavy atom. The van der Waals surface area contributed by atoms with Gasteiger partial charge in [-0.3, -0.25) is 4.79 Å². The number of amides is 1. The van der Waals surface area contributed by atoms with E-state index < -0.39 is 0 Å². The lowest BCUT2D eigenvalue weighted by Crippen LogP contribution is -2.28. The van der Waals surface area contributed by atoms with Crippen LogP contribution in [0, 0.1) is 0 Å². The van der Waals surface area contributed by atoms with Gasteiger partial charge < -0.3 is 20.3 Å². The van der Waals surface area contributed by atoms with Gasteiger partial charge in [-0.25, -0.2) is 0 Å². The Kier molecular flexibility index (Phi) is 6.77. The highest BCUT2D eigenvalue weighted by Gasteiger charge is 2.07. The monoisotopic (exact) mass is 357 g/mol. The van der Waals surface area contributed by atoms with Crippen molar-refractivity contribution in [2.45, 2.75) is 13.5 Å². The van der Waals surface area contributed by atoms with Crippen LogP contribution in [-0.4, -0.2) is 36.6 Å². The van der Waals surface area contributed by atoms with E-state index in [1.54, 1.807) is 31.1 Å². The summed E-state index contributed by atoms with van der Waals surface area (Å²) in [7, 11) is 3.46. The van der Waals surface area contributed by atoms with Gasteiger partial charge >= 0.3 is 0 Å². The fourth-order valence-electron chi connectivity index (χ4n) is 2.22. The number of benzene rings is 2. The Hall–Kier alpha value is -2.60. The van der Waals surface area contributed by atoms with Crippen LogP contribution >= 0.6 is 12.2 Å². The number of nitrogens with one attached hydrogen (secondary N) is 2. The molecule has 132 valence electrons. The highest BCUT2D eigenvalue weighted by atomic mass is 32.1. The Bertz CT molecular complexity index is 730. The van der Waals surface area contributed by atoms with Crippen molar-refractivity contribution in [2.75, 3.05) is 26.0 Å². The fourth-order valence-corrected chi connectivity index (χ4v) is 2.41. The Balaban J connectivity index is 1.88. The number of hydrogen-bond donors (Lipinski definition) is 2. The van der Waals surface area contributed by atoms with Crippen LogP contribution in [0.5, 0.6) is 5.75 Å². The summed E-state index contributed by atoms with van der Waals surface area (Å²) in [5, 5.41) is 6.80. The second kappa shape index (κ2) is 9.03. The number of carbonyl (C=O) groups excluding carboxylic acids is 1. The van der Waals surface area contributed by atoms with E-state index in [1.807, 2.05) is 43.3 Å². The van der Waals surface area contributed by atoms with Crippen LogP contribution in [0.2, 0.25) is 0 Å². The molecule has 0 fully saturated rings. The molecule has 0 bridgehead atoms. The molecule has 2 N–H and O–H groups in total. The molecule has 6 heteroatoms. The molecule has 0 aliphatic heterocycles. The molecular formula is C19H23N3O2S. The quantitative estimate of drug-likeness (QED) is 0.777. The van der Waals surface area contributed by atoms with E-state index in [0.717, 1.165) is 17.0 Å². The van der Waals surface area contributed by atoms with Gasteiger partial charge in [0, 0.05) is 31.9 Å². The summed E-state index contributed by atoms with van der Waals surface area (Å²) in [5.74, 6) is 0.822. The lowest BCUT2D eigenvalue weighted by atomic mass is 10.2. The van der Waals surface area contributed by atoms with Crippen molar-refractivity contribution in [3.05, 3.63) is 59.7 Å². The van der Waals surface area contributed by atoms with Crippen LogP contribution in [0.1, 0.15) is 22.8 Å². The topological polar surface area (TPSA) is 53.6 Å². The Labute approximate surface area is 154 Å². The van der Waals surface area contributed by atoms with Crippen LogP contribution in [-0.2, 0) is 6.54 Å². The number of rotatable bonds is 6. The molecule has 0 aliphatic carbocycles. The van der Waals surface area contributed by atoms with Crippen molar-refractivity contribution in [1.29, 1.82) is 0 Å². The van der Waals surface area contributed by atoms with Gasteiger partial charge in [-0.2, -0.15) is 0 Å². The first kappa shape index (κ1) is 18.7. The number of hydrogen-bond acceptors (Lipinski definition) is 3. The maximum Gasteiger partial charge on any atom is 0.253 e. The number of ether oxygens (including phenoxy) is 1. The first-order chi connectivity index (χ1) is 12.0. The molecule has 0 unspecified atom stereocenters. The van der Waals surface area contributed by atoms with Crippen LogP contribution in [0.25, 0.3) is 0 Å². The maximum atomic E-state index is 11.9. The van der Waals surface area contributed by atoms with Crippen molar-refractivity contribution in [1.82, 2.24) is 10.2 Å². The van der Waals surface area contributed by atoms with Crippen LogP contribution in [0.15, 0.2) is 48.5 Å². The SMILES string of the molecule is CCOc1cccc(CNC(=S)Nc2ccc(C(=O)N(C)C)cc2)c1. The third-order valence-corrected chi connectivity index (χ3v) is 3.70. The molecule has 0 saturated carbocycles. The average Bonchev–Trinajstić information content (AvgIpc) is 2.60. The molecule has 0 spiro atoms. The third kappa shape index (κ3) is 5.76. The fraction of sp³-hybridized carbons (Fsp3) is 0.263. The molecule has 0 aliphatic rings. The highest BCUT2D eigenvalue weighted by molar-refractivity contribution is 7.80. The molecule has 2 rings (SSSR count). The third-order valence-electron chi connectivity index (χ3n) is 3.46. The van der Waals surface area contributed by atoms with Crippen LogP contribution in [0.4, 0.5) is 5.69 Å². The van der Waals surface area contributed by atoms with E-state index in [4.69, 9.17) is 17.0 Å². The zero-order valence-electron chi connectivity index (χ0n) is 14.7. The molecule has 0 saturated heterocycles. The molecule has 2 aromatic carbocycles. The van der Waals surface area contributed by atoms with Gasteiger partial charge in [-0.1, -0.05) is 12.1 Å². The van der Waals surface area contributed by atoms with Crippen molar-refractivity contribution in [3.8, 4) is 5.75 Å². The smallest absolute Gasteiger partial charge is 0.253 e. The molecule has 2 aromatic rings. The predicted molar refractivity (Wildman–Crippen MR) is 105 cm³/mol. The van der Waals surface area contributed by atoms with E-state index >= 15 is 0 Å². The zero-order chi connectivity index (χ0) is 18.2. The van der Waals surface area contributed by atoms with E-state index in [2.05, 4.69) is 10.6 Å². The van der Waals surface area contributed by atoms with Gasteiger partial charge in [0.05, 0.1) is 6.61 Å². The standard InChI is InChI=1S/C19H23N3O2S/c1-4-24-17-7-5-6-14(12-17)13-20-19(25)21-16-10-8-15(9-11-16)18(23)22(2)3/h5-12H,4,13H2,1-3H3,(H2,20,21,25). The summed E-state index contributed by atoms with van der Waals surface area (Å²) in [6.07, 6.45) is 0. The average molecular weight is 357 g/mol. The first-order valence-corrected chi connectivity index (χ1v) is 8.48. The van der Waals surface area contributed by atoms with E-state index in [0.29, 0.717) is 23.8 Å². The summed E-state index contributed by atoms with van der Waals surface area (Å²) in [5.41, 5.74) is 2.56. The Morgan fingerprint density at radius 1 is 1.16 bits per heavy atom. The molecule has 0 radical (unpaired) electrons. The summed E-state index contributed by atoms with van der Waals surface area (Å²) >= 11 is 5.32. The minimum Gasteiger partial charge on any atom is -0.494 e. The predicted octanol–water partition coefficient (Wildman–Crippen LogP) is 3.27. The van der Waals surface area contributed by atoms with Gasteiger partial charge in [-0.05, 0) is 61.1 Å². The van der Waals surface area contributed by atoms with Gasteiger partial charge in [0.2, 0.25) is 0 Å². The van der Waals surface area contributed by atoms with Gasteiger partial charge in [0.15, 0.2) is 5.11 Å². The van der Waals surface area contributed by atoms with Crippen LogP contribution < -0.4 is 15.4 Å². The second-order valence-electron chi connectivity index (χ2n) is 5.67. The number of carbonyl (C=O) groups is 1. The summed E-state index contributed by atoms with van der Waals surface area (Å²) in [4.78, 5) is 13.4. The minimum absolute atomic E-state index is 0.0265. The number of anilines is 1. The molecule has 0 aromatic heterocycles. The van der Waals surface area contributed by atoms with Crippen molar-refractivity contribution in [3.63, 3.8) is 0 Å². The van der Waals surface area contributed by atoms with E-state index in [-0.39, 0.29) is 5.91 Å². The maximum absolute atomic E-state index is 11.9. The normalized spacial score (nSPS) is 10.0. The first-order valence-electron chi connectivity index (χ1n) is 8.08. The number of thiocarbonyl (C=S) groups is 1. The lowest BCUT2D eigenvalue weighted by molar-refractivity contribution is 0.0827. The van der Waals surface area contributed by atoms with Crippen LogP contribution in [0.3, 0.4) is 0 Å². The van der Waals surface area contributed by atoms with Gasteiger partial charge in [0.1, 0.15) is 5.75 Å². The molecule has 0 atom stereocenters. The molecular weight excluding hydrogens is 334 g/mol. The lowest BCUT2D eigenvalue weighted by Gasteiger charge is -2.13. The minimum atomic E-state index is -0.0265. The molecule has 5 nitrogen and oxygen atoms in total. The van der Waals surface area contributed by atoms with Crippen molar-refractivity contribution < 1.29 is 9.53 Å². The van der Waals surface area contributed by atoms with Crippen molar-refractivity contribution >= 4 is 28.9 Å². The largest absolute Gasteiger partial charge is 0.494 e. The van der Waals surface area contributed by atoms with Gasteiger partial charge in [-0.15, -0.1) is 0 Å². The van der Waals surface area contributed by atoms with Gasteiger partial charge in [0.25, 0.3) is 5.91 Å². The zero-order valence-corrected chi connectivity index (χ0v) is 15.5. The molecule has 25 heavy (non-hydrogen) atoms. The highest BCUT2D eigenvalue weighted by Crippen LogP contribution is 2.14. The summed E-state index contributed by atoms with van der Waals surface area (Å²) in [6.45, 7) is 3.20. The van der Waals surface area contributed by atoms with Crippen molar-refractivity contribution in [2.24, 2.45) is 0 Å². The van der Waals surface area contributed by atoms with E-state index in [9.17, 15) is 4.79 Å². The molecule has 0 heterocycles. The second-order valence-corrected chi connectivity index (χ2v) is 6.07. The summed E-state index contributed by atoms with van der Waals surface area (Å²) in [6, 6.07) is 15.1. The molecule has 1 amide bonds. The van der Waals surface area contributed by atoms with E-state index in [1.165, 1.54) is 0 Å². The Morgan fingerprint density at radius 3 is 2.52 bits per heavy atom. The number of nitrogens with zero attached hydrogens (tertiary/aromatic N) is 1. The summed E-state index contributed by atoms with van der Waals surface area (Å²) < 4.78 is 5.49.